The summed E-state index contributed by atoms with van der Waals surface area (Å²) < 4.78 is 42.8. The molecular weight excluding hydrogens is 413 g/mol. The lowest BCUT2D eigenvalue weighted by Crippen LogP contribution is -2.45. The van der Waals surface area contributed by atoms with E-state index >= 15 is 0 Å². The first kappa shape index (κ1) is 20.9. The fraction of sp³-hybridized carbons (Fsp3) is 0.400. The Labute approximate surface area is 175 Å². The van der Waals surface area contributed by atoms with Crippen LogP contribution in [-0.2, 0) is 19.2 Å². The smallest absolute Gasteiger partial charge is 0.374 e. The number of amides is 1. The van der Waals surface area contributed by atoms with Crippen molar-refractivity contribution in [2.45, 2.75) is 38.2 Å². The molecular formula is C20H19F3N6O2. The minimum atomic E-state index is -4.89. The molecule has 0 saturated carbocycles. The van der Waals surface area contributed by atoms with E-state index in [1.807, 2.05) is 6.07 Å². The fourth-order valence-electron chi connectivity index (χ4n) is 3.94. The molecule has 2 atom stereocenters. The van der Waals surface area contributed by atoms with Crippen LogP contribution in [-0.4, -0.2) is 48.0 Å². The Morgan fingerprint density at radius 1 is 1.35 bits per heavy atom. The van der Waals surface area contributed by atoms with Crippen LogP contribution in [0.25, 0.3) is 10.9 Å². The molecule has 3 aromatic rings. The quantitative estimate of drug-likeness (QED) is 0.671. The fourth-order valence-corrected chi connectivity index (χ4v) is 3.94. The summed E-state index contributed by atoms with van der Waals surface area (Å²) in [5.41, 5.74) is -1.46. The molecule has 162 valence electrons. The molecule has 11 heteroatoms. The zero-order valence-electron chi connectivity index (χ0n) is 17.0. The van der Waals surface area contributed by atoms with E-state index in [0.29, 0.717) is 29.1 Å². The highest BCUT2D eigenvalue weighted by Crippen LogP contribution is 2.40. The third-order valence-corrected chi connectivity index (χ3v) is 5.61. The number of alkyl halides is 3. The molecule has 1 N–H and O–H groups in total. The van der Waals surface area contributed by atoms with Gasteiger partial charge in [-0.1, -0.05) is 0 Å². The van der Waals surface area contributed by atoms with Crippen LogP contribution in [0.3, 0.4) is 0 Å². The second kappa shape index (κ2) is 6.81. The van der Waals surface area contributed by atoms with Crippen molar-refractivity contribution in [2.24, 2.45) is 7.05 Å². The highest BCUT2D eigenvalue weighted by Gasteiger charge is 2.55. The van der Waals surface area contributed by atoms with Crippen LogP contribution < -0.4 is 0 Å². The maximum absolute atomic E-state index is 13.3. The van der Waals surface area contributed by atoms with E-state index in [4.69, 9.17) is 5.26 Å². The molecule has 4 rings (SSSR count). The molecule has 1 aromatic carbocycles. The Kier molecular flexibility index (Phi) is 4.59. The van der Waals surface area contributed by atoms with Gasteiger partial charge < -0.3 is 14.6 Å². The van der Waals surface area contributed by atoms with E-state index in [0.717, 1.165) is 0 Å². The molecule has 31 heavy (non-hydrogen) atoms. The molecule has 1 amide bonds. The first-order valence-electron chi connectivity index (χ1n) is 9.47. The summed E-state index contributed by atoms with van der Waals surface area (Å²) in [6.45, 7) is 2.48. The topological polar surface area (TPSA) is 100.0 Å². The number of halogens is 3. The largest absolute Gasteiger partial charge is 0.424 e. The average Bonchev–Trinajstić information content (AvgIpc) is 3.28. The average molecular weight is 432 g/mol. The number of carbonyl (C=O) groups is 1. The summed E-state index contributed by atoms with van der Waals surface area (Å²) in [4.78, 5) is 18.6. The Hall–Kier alpha value is -3.39. The van der Waals surface area contributed by atoms with E-state index in [9.17, 15) is 23.1 Å². The number of hydrogen-bond acceptors (Lipinski definition) is 5. The monoisotopic (exact) mass is 432 g/mol. The molecule has 2 aromatic heterocycles. The van der Waals surface area contributed by atoms with Crippen molar-refractivity contribution < 1.29 is 23.1 Å². The van der Waals surface area contributed by atoms with E-state index in [-0.39, 0.29) is 24.7 Å². The van der Waals surface area contributed by atoms with Gasteiger partial charge in [0.05, 0.1) is 41.6 Å². The number of nitrogens with zero attached hydrogens (tertiary/aromatic N) is 6. The van der Waals surface area contributed by atoms with Gasteiger partial charge in [0.15, 0.2) is 11.5 Å². The van der Waals surface area contributed by atoms with Crippen LogP contribution in [0, 0.1) is 11.3 Å². The van der Waals surface area contributed by atoms with E-state index in [2.05, 4.69) is 10.1 Å². The van der Waals surface area contributed by atoms with Crippen molar-refractivity contribution in [3.05, 3.63) is 47.2 Å². The van der Waals surface area contributed by atoms with Crippen molar-refractivity contribution in [3.8, 4) is 6.07 Å². The van der Waals surface area contributed by atoms with Gasteiger partial charge in [-0.25, -0.2) is 4.98 Å². The van der Waals surface area contributed by atoms with E-state index in [1.54, 1.807) is 32.2 Å². The van der Waals surface area contributed by atoms with Crippen LogP contribution in [0.4, 0.5) is 13.2 Å². The predicted octanol–water partition coefficient (Wildman–Crippen LogP) is 2.63. The molecule has 0 saturated heterocycles. The lowest BCUT2D eigenvalue weighted by Gasteiger charge is -2.36. The first-order chi connectivity index (χ1) is 14.5. The number of aliphatic hydroxyl groups is 1. The van der Waals surface area contributed by atoms with Gasteiger partial charge in [0.2, 0.25) is 5.60 Å². The molecule has 0 fully saturated rings. The number of carbonyl (C=O) groups excluding carboxylic acids is 1. The number of rotatable bonds is 2. The normalized spacial score (nSPS) is 18.5. The Balaban J connectivity index is 1.69. The molecule has 3 heterocycles. The molecule has 1 aliphatic rings. The highest BCUT2D eigenvalue weighted by molar-refractivity contribution is 6.05. The molecule has 0 spiro atoms. The number of imidazole rings is 1. The molecule has 1 aliphatic heterocycles. The molecule has 0 aliphatic carbocycles. The van der Waals surface area contributed by atoms with E-state index < -0.39 is 23.6 Å². The van der Waals surface area contributed by atoms with Crippen molar-refractivity contribution in [1.29, 1.82) is 5.26 Å². The Morgan fingerprint density at radius 3 is 2.71 bits per heavy atom. The van der Waals surface area contributed by atoms with Gasteiger partial charge in [-0.3, -0.25) is 9.48 Å². The summed E-state index contributed by atoms with van der Waals surface area (Å²) in [5, 5.41) is 24.1. The van der Waals surface area contributed by atoms with Crippen molar-refractivity contribution in [3.63, 3.8) is 0 Å². The van der Waals surface area contributed by atoms with E-state index in [1.165, 1.54) is 20.3 Å². The maximum atomic E-state index is 13.3. The van der Waals surface area contributed by atoms with Gasteiger partial charge in [-0.15, -0.1) is 0 Å². The number of hydrogen-bond donors (Lipinski definition) is 1. The van der Waals surface area contributed by atoms with Crippen LogP contribution in [0.5, 0.6) is 0 Å². The summed E-state index contributed by atoms with van der Waals surface area (Å²) >= 11 is 0. The zero-order valence-corrected chi connectivity index (χ0v) is 17.0. The maximum Gasteiger partial charge on any atom is 0.424 e. The lowest BCUT2D eigenvalue weighted by atomic mass is 10.0. The minimum absolute atomic E-state index is 0.0262. The van der Waals surface area contributed by atoms with Gasteiger partial charge in [-0.05, 0) is 32.0 Å². The Morgan fingerprint density at radius 2 is 2.06 bits per heavy atom. The number of fused-ring (bicyclic) bond motifs is 2. The summed E-state index contributed by atoms with van der Waals surface area (Å²) in [7, 11) is 1.67. The van der Waals surface area contributed by atoms with Gasteiger partial charge in [0.1, 0.15) is 0 Å². The molecule has 0 unspecified atom stereocenters. The van der Waals surface area contributed by atoms with Crippen molar-refractivity contribution in [1.82, 2.24) is 24.2 Å². The van der Waals surface area contributed by atoms with Crippen molar-refractivity contribution >= 4 is 16.8 Å². The van der Waals surface area contributed by atoms with Gasteiger partial charge in [0.25, 0.3) is 5.91 Å². The SMILES string of the molecule is C[C@H]1CN(C(=O)c2nn(C)c3cc(C#N)ccc23)Cc2cnc([C@@](C)(O)C(F)(F)F)n21. The summed E-state index contributed by atoms with van der Waals surface area (Å²) in [6, 6.07) is 6.39. The standard InChI is InChI=1S/C20H19F3N6O2/c1-11-9-28(10-13-8-25-18(29(11)13)19(2,31)20(21,22)23)17(30)16-14-5-4-12(7-24)6-15(14)27(3)26-16/h4-6,8,11,31H,9-10H2,1-3H3/t11-,19+/m0/s1. The third kappa shape index (κ3) is 3.14. The number of nitriles is 1. The van der Waals surface area contributed by atoms with Crippen LogP contribution in [0.1, 0.15) is 47.5 Å². The first-order valence-corrected chi connectivity index (χ1v) is 9.47. The summed E-state index contributed by atoms with van der Waals surface area (Å²) in [6.07, 6.45) is -3.64. The molecule has 0 bridgehead atoms. The number of aryl methyl sites for hydroxylation is 1. The second-order valence-corrected chi connectivity index (χ2v) is 7.86. The second-order valence-electron chi connectivity index (χ2n) is 7.86. The predicted molar refractivity (Wildman–Crippen MR) is 103 cm³/mol. The third-order valence-electron chi connectivity index (χ3n) is 5.61. The van der Waals surface area contributed by atoms with Gasteiger partial charge >= 0.3 is 6.18 Å². The molecule has 8 nitrogen and oxygen atoms in total. The number of benzene rings is 1. The minimum Gasteiger partial charge on any atom is -0.374 e. The zero-order chi connectivity index (χ0) is 22.7. The summed E-state index contributed by atoms with van der Waals surface area (Å²) in [5.74, 6) is -0.874. The number of aromatic nitrogens is 4. The highest BCUT2D eigenvalue weighted by atomic mass is 19.4. The Bertz CT molecular complexity index is 1230. The van der Waals surface area contributed by atoms with Crippen molar-refractivity contribution in [2.75, 3.05) is 6.54 Å². The van der Waals surface area contributed by atoms with Crippen LogP contribution in [0.15, 0.2) is 24.4 Å². The van der Waals surface area contributed by atoms with Crippen LogP contribution >= 0.6 is 0 Å². The lowest BCUT2D eigenvalue weighted by molar-refractivity contribution is -0.263. The van der Waals surface area contributed by atoms with Gasteiger partial charge in [-0.2, -0.15) is 23.5 Å². The van der Waals surface area contributed by atoms with Gasteiger partial charge in [0, 0.05) is 19.0 Å². The molecule has 0 radical (unpaired) electrons. The van der Waals surface area contributed by atoms with Crippen LogP contribution in [0.2, 0.25) is 0 Å².